The predicted molar refractivity (Wildman–Crippen MR) is 144 cm³/mol. The van der Waals surface area contributed by atoms with Gasteiger partial charge in [0.1, 0.15) is 9.75 Å². The molecule has 0 radical (unpaired) electrons. The molecule has 4 heteroatoms. The number of alkyl halides is 2. The maximum Gasteiger partial charge on any atom is 0.113 e. The van der Waals surface area contributed by atoms with Gasteiger partial charge < -0.3 is 0 Å². The molecular formula is C30H22Cl2SiZr. The molecule has 164 valence electrons. The Kier molecular flexibility index (Phi) is 6.46. The second-order valence-electron chi connectivity index (χ2n) is 8.74. The molecule has 0 aromatic heterocycles. The van der Waals surface area contributed by atoms with E-state index in [1.54, 1.807) is 0 Å². The van der Waals surface area contributed by atoms with Crippen molar-refractivity contribution in [3.63, 3.8) is 0 Å². The topological polar surface area (TPSA) is 0 Å². The molecular weight excluding hydrogens is 551 g/mol. The monoisotopic (exact) mass is 570 g/mol. The number of hydrogen-bond acceptors (Lipinski definition) is 0. The van der Waals surface area contributed by atoms with Crippen LogP contribution in [0.25, 0.3) is 12.2 Å². The molecule has 0 saturated heterocycles. The van der Waals surface area contributed by atoms with Crippen LogP contribution in [0.5, 0.6) is 0 Å². The first-order valence-electron chi connectivity index (χ1n) is 11.2. The Morgan fingerprint density at radius 2 is 0.824 bits per heavy atom. The smallest absolute Gasteiger partial charge is 0.104 e. The van der Waals surface area contributed by atoms with Crippen molar-refractivity contribution in [3.8, 4) is 0 Å². The molecule has 0 spiro atoms. The number of fused-ring (bicyclic) bond motifs is 2. The van der Waals surface area contributed by atoms with Crippen molar-refractivity contribution in [2.24, 2.45) is 0 Å². The van der Waals surface area contributed by atoms with Crippen molar-refractivity contribution >= 4 is 44.9 Å². The fourth-order valence-electron chi connectivity index (χ4n) is 5.36. The van der Waals surface area contributed by atoms with Crippen LogP contribution in [0, 0.1) is 0 Å². The molecule has 6 rings (SSSR count). The van der Waals surface area contributed by atoms with Crippen molar-refractivity contribution < 1.29 is 26.2 Å². The second kappa shape index (κ2) is 9.25. The van der Waals surface area contributed by atoms with Crippen molar-refractivity contribution in [1.29, 1.82) is 0 Å². The van der Waals surface area contributed by atoms with E-state index in [9.17, 15) is 0 Å². The van der Waals surface area contributed by atoms with E-state index in [2.05, 4.69) is 109 Å². The first-order valence-corrected chi connectivity index (χ1v) is 13.4. The summed E-state index contributed by atoms with van der Waals surface area (Å²) in [4.78, 5) is -1.32. The van der Waals surface area contributed by atoms with Crippen LogP contribution in [-0.2, 0) is 36.0 Å². The molecule has 2 aliphatic carbocycles. The van der Waals surface area contributed by atoms with E-state index in [4.69, 9.17) is 23.2 Å². The summed E-state index contributed by atoms with van der Waals surface area (Å²) in [6.45, 7) is 0. The molecule has 4 aromatic rings. The Balaban J connectivity index is 0.00000241. The summed E-state index contributed by atoms with van der Waals surface area (Å²) in [5.74, 6) is 0. The molecule has 2 atom stereocenters. The first kappa shape index (κ1) is 23.8. The molecule has 4 aromatic carbocycles. The third-order valence-electron chi connectivity index (χ3n) is 6.93. The summed E-state index contributed by atoms with van der Waals surface area (Å²) < 4.78 is 0. The van der Waals surface area contributed by atoms with Gasteiger partial charge in [0.15, 0.2) is 0 Å². The summed E-state index contributed by atoms with van der Waals surface area (Å²) in [5, 5.41) is 2.58. The van der Waals surface area contributed by atoms with Gasteiger partial charge in [-0.2, -0.15) is 0 Å². The molecule has 0 bridgehead atoms. The van der Waals surface area contributed by atoms with Crippen LogP contribution in [0.4, 0.5) is 0 Å². The largest absolute Gasteiger partial charge is 0.113 e. The van der Waals surface area contributed by atoms with Gasteiger partial charge in [-0.3, -0.25) is 0 Å². The van der Waals surface area contributed by atoms with Gasteiger partial charge in [0.25, 0.3) is 0 Å². The Morgan fingerprint density at radius 3 is 1.24 bits per heavy atom. The van der Waals surface area contributed by atoms with E-state index in [1.807, 2.05) is 12.1 Å². The van der Waals surface area contributed by atoms with E-state index in [-0.39, 0.29) is 26.2 Å². The van der Waals surface area contributed by atoms with Crippen LogP contribution < -0.4 is 0 Å². The Morgan fingerprint density at radius 1 is 0.471 bits per heavy atom. The zero-order chi connectivity index (χ0) is 22.5. The predicted octanol–water partition coefficient (Wildman–Crippen LogP) is 7.23. The SMILES string of the molecule is ClC1(c2ccccc2)C([SiH2]C2=Cc3ccccc3C2(Cl)c2ccccc2)=Cc2ccccc21.[Zr]. The Hall–Kier alpha value is -1.96. The zero-order valence-corrected chi connectivity index (χ0v) is 23.9. The number of hydrogen-bond donors (Lipinski definition) is 0. The minimum atomic E-state index is -1.00. The molecule has 0 nitrogen and oxygen atoms in total. The Bertz CT molecular complexity index is 1310. The molecule has 0 amide bonds. The van der Waals surface area contributed by atoms with Gasteiger partial charge in [-0.1, -0.05) is 132 Å². The van der Waals surface area contributed by atoms with Crippen LogP contribution in [0.1, 0.15) is 33.4 Å². The van der Waals surface area contributed by atoms with Gasteiger partial charge in [-0.15, -0.1) is 23.2 Å². The van der Waals surface area contributed by atoms with E-state index < -0.39 is 19.3 Å². The molecule has 2 unspecified atom stereocenters. The molecule has 0 N–H and O–H groups in total. The Labute approximate surface area is 232 Å². The fourth-order valence-corrected chi connectivity index (χ4v) is 8.80. The van der Waals surface area contributed by atoms with Crippen LogP contribution in [0.2, 0.25) is 0 Å². The third kappa shape index (κ3) is 3.59. The number of halogens is 2. The van der Waals surface area contributed by atoms with Crippen LogP contribution in [0.15, 0.2) is 120 Å². The number of rotatable bonds is 4. The van der Waals surface area contributed by atoms with Gasteiger partial charge in [-0.25, -0.2) is 0 Å². The van der Waals surface area contributed by atoms with Gasteiger partial charge in [0.2, 0.25) is 0 Å². The average molecular weight is 573 g/mol. The van der Waals surface area contributed by atoms with Gasteiger partial charge in [-0.05, 0) is 33.4 Å². The molecule has 0 aliphatic heterocycles. The maximum absolute atomic E-state index is 7.62. The van der Waals surface area contributed by atoms with Crippen molar-refractivity contribution in [2.75, 3.05) is 0 Å². The summed E-state index contributed by atoms with van der Waals surface area (Å²) in [6.07, 6.45) is 4.63. The number of allylic oxidation sites excluding steroid dienone is 2. The van der Waals surface area contributed by atoms with E-state index >= 15 is 0 Å². The van der Waals surface area contributed by atoms with E-state index in [0.717, 1.165) is 22.3 Å². The molecule has 0 saturated carbocycles. The minimum absolute atomic E-state index is 0. The van der Waals surface area contributed by atoms with E-state index in [1.165, 1.54) is 21.5 Å². The fraction of sp³-hybridized carbons (Fsp3) is 0.0667. The maximum atomic E-state index is 7.62. The summed E-state index contributed by atoms with van der Waals surface area (Å²) in [7, 11) is -1.00. The van der Waals surface area contributed by atoms with Crippen LogP contribution >= 0.6 is 23.2 Å². The summed E-state index contributed by atoms with van der Waals surface area (Å²) in [5.41, 5.74) is 6.97. The van der Waals surface area contributed by atoms with Gasteiger partial charge in [0.05, 0.1) is 9.52 Å². The molecule has 34 heavy (non-hydrogen) atoms. The molecule has 2 aliphatic rings. The zero-order valence-electron chi connectivity index (χ0n) is 18.5. The van der Waals surface area contributed by atoms with Crippen molar-refractivity contribution in [2.45, 2.75) is 9.75 Å². The molecule has 0 fully saturated rings. The van der Waals surface area contributed by atoms with Gasteiger partial charge >= 0.3 is 0 Å². The van der Waals surface area contributed by atoms with Crippen LogP contribution in [0.3, 0.4) is 0 Å². The minimum Gasteiger partial charge on any atom is -0.104 e. The van der Waals surface area contributed by atoms with Crippen molar-refractivity contribution in [3.05, 3.63) is 153 Å². The summed E-state index contributed by atoms with van der Waals surface area (Å²) in [6, 6.07) is 37.9. The third-order valence-corrected chi connectivity index (χ3v) is 10.9. The average Bonchev–Trinajstić information content (AvgIpc) is 3.33. The van der Waals surface area contributed by atoms with Crippen LogP contribution in [-0.4, -0.2) is 9.52 Å². The van der Waals surface area contributed by atoms with Crippen molar-refractivity contribution in [1.82, 2.24) is 0 Å². The van der Waals surface area contributed by atoms with E-state index in [0.29, 0.717) is 0 Å². The quantitative estimate of drug-likeness (QED) is 0.179. The normalized spacial score (nSPS) is 22.6. The van der Waals surface area contributed by atoms with Gasteiger partial charge in [0, 0.05) is 26.2 Å². The standard InChI is InChI=1S/C30H22Cl2Si.Zr/c31-29(23-13-3-1-4-14-23)25-17-9-7-11-21(25)19-27(29)33-28-20-22-12-8-10-18-26(22)30(28,32)24-15-5-2-6-16-24;/h1-20H,33H2;. The first-order chi connectivity index (χ1) is 16.1. The summed E-state index contributed by atoms with van der Waals surface area (Å²) >= 11 is 15.2. The second-order valence-corrected chi connectivity index (χ2v) is 11.8. The molecule has 0 heterocycles. The number of benzene rings is 4.